The van der Waals surface area contributed by atoms with Gasteiger partial charge in [0.05, 0.1) is 12.6 Å². The fourth-order valence-electron chi connectivity index (χ4n) is 2.74. The first-order chi connectivity index (χ1) is 11.5. The summed E-state index contributed by atoms with van der Waals surface area (Å²) in [5, 5.41) is 7.29. The number of rotatable bonds is 6. The van der Waals surface area contributed by atoms with Crippen LogP contribution >= 0.6 is 12.2 Å². The van der Waals surface area contributed by atoms with Gasteiger partial charge in [-0.05, 0) is 74.8 Å². The van der Waals surface area contributed by atoms with Crippen molar-refractivity contribution in [1.29, 1.82) is 0 Å². The molecule has 0 saturated heterocycles. The van der Waals surface area contributed by atoms with E-state index in [0.29, 0.717) is 11.7 Å². The van der Waals surface area contributed by atoms with Crippen LogP contribution in [-0.4, -0.2) is 11.7 Å². The molecule has 2 aromatic carbocycles. The third-order valence-corrected chi connectivity index (χ3v) is 4.16. The highest BCUT2D eigenvalue weighted by Gasteiger charge is 2.13. The van der Waals surface area contributed by atoms with Crippen molar-refractivity contribution in [1.82, 2.24) is 5.32 Å². The maximum atomic E-state index is 5.48. The van der Waals surface area contributed by atoms with E-state index in [1.165, 1.54) is 16.7 Å². The molecule has 2 aromatic rings. The number of hydrogen-bond donors (Lipinski definition) is 2. The molecule has 0 aromatic heterocycles. The predicted octanol–water partition coefficient (Wildman–Crippen LogP) is 5.14. The highest BCUT2D eigenvalue weighted by atomic mass is 32.1. The van der Waals surface area contributed by atoms with Gasteiger partial charge in [-0.3, -0.25) is 0 Å². The minimum absolute atomic E-state index is 0.202. The number of aryl methyl sites for hydroxylation is 2. The zero-order chi connectivity index (χ0) is 17.5. The molecule has 0 radical (unpaired) electrons. The molecule has 128 valence electrons. The molecular formula is C20H26N2OS. The Hall–Kier alpha value is -2.07. The molecular weight excluding hydrogens is 316 g/mol. The summed E-state index contributed by atoms with van der Waals surface area (Å²) in [6.45, 7) is 9.07. The Morgan fingerprint density at radius 1 is 1.08 bits per heavy atom. The first-order valence-corrected chi connectivity index (χ1v) is 8.81. The number of anilines is 1. The number of nitrogens with one attached hydrogen (secondary N) is 2. The zero-order valence-corrected chi connectivity index (χ0v) is 15.7. The molecule has 0 heterocycles. The standard InChI is InChI=1S/C20H26N2OS/c1-5-19(18-12-7-14(3)13-15(18)4)22-20(24)21-16-8-10-17(11-9-16)23-6-2/h7-13,19H,5-6H2,1-4H3,(H2,21,22,24). The Labute approximate surface area is 150 Å². The molecule has 24 heavy (non-hydrogen) atoms. The lowest BCUT2D eigenvalue weighted by Gasteiger charge is -2.22. The third kappa shape index (κ3) is 4.96. The second-order valence-electron chi connectivity index (χ2n) is 5.88. The van der Waals surface area contributed by atoms with E-state index < -0.39 is 0 Å². The minimum Gasteiger partial charge on any atom is -0.494 e. The van der Waals surface area contributed by atoms with E-state index in [0.717, 1.165) is 17.9 Å². The summed E-state index contributed by atoms with van der Waals surface area (Å²) < 4.78 is 5.45. The van der Waals surface area contributed by atoms with Crippen molar-refractivity contribution in [3.8, 4) is 5.75 Å². The van der Waals surface area contributed by atoms with Gasteiger partial charge >= 0.3 is 0 Å². The summed E-state index contributed by atoms with van der Waals surface area (Å²) in [4.78, 5) is 0. The molecule has 0 amide bonds. The molecule has 0 aliphatic heterocycles. The predicted molar refractivity (Wildman–Crippen MR) is 106 cm³/mol. The fourth-order valence-corrected chi connectivity index (χ4v) is 3.00. The van der Waals surface area contributed by atoms with Crippen LogP contribution < -0.4 is 15.4 Å². The smallest absolute Gasteiger partial charge is 0.171 e. The van der Waals surface area contributed by atoms with E-state index in [2.05, 4.69) is 49.6 Å². The summed E-state index contributed by atoms with van der Waals surface area (Å²) in [6, 6.07) is 14.6. The molecule has 0 aliphatic carbocycles. The van der Waals surface area contributed by atoms with Crippen LogP contribution in [0.3, 0.4) is 0 Å². The van der Waals surface area contributed by atoms with Gasteiger partial charge in [0.2, 0.25) is 0 Å². The van der Waals surface area contributed by atoms with E-state index >= 15 is 0 Å². The summed E-state index contributed by atoms with van der Waals surface area (Å²) in [5.41, 5.74) is 4.81. The van der Waals surface area contributed by atoms with Crippen molar-refractivity contribution in [2.24, 2.45) is 0 Å². The van der Waals surface area contributed by atoms with E-state index in [1.807, 2.05) is 31.2 Å². The Bertz CT molecular complexity index is 683. The van der Waals surface area contributed by atoms with Gasteiger partial charge in [-0.1, -0.05) is 30.7 Å². The molecule has 1 atom stereocenters. The van der Waals surface area contributed by atoms with E-state index in [1.54, 1.807) is 0 Å². The number of thiocarbonyl (C=S) groups is 1. The second kappa shape index (κ2) is 8.69. The Balaban J connectivity index is 2.01. The van der Waals surface area contributed by atoms with Gasteiger partial charge < -0.3 is 15.4 Å². The topological polar surface area (TPSA) is 33.3 Å². The van der Waals surface area contributed by atoms with Crippen LogP contribution in [0.15, 0.2) is 42.5 Å². The SMILES string of the molecule is CCOc1ccc(NC(=S)NC(CC)c2ccc(C)cc2C)cc1. The molecule has 4 heteroatoms. The third-order valence-electron chi connectivity index (χ3n) is 3.94. The van der Waals surface area contributed by atoms with Crippen molar-refractivity contribution in [2.45, 2.75) is 40.2 Å². The Morgan fingerprint density at radius 3 is 2.38 bits per heavy atom. The first kappa shape index (κ1) is 18.3. The molecule has 1 unspecified atom stereocenters. The van der Waals surface area contributed by atoms with Crippen LogP contribution in [-0.2, 0) is 0 Å². The zero-order valence-electron chi connectivity index (χ0n) is 14.8. The summed E-state index contributed by atoms with van der Waals surface area (Å²) in [7, 11) is 0. The number of hydrogen-bond acceptors (Lipinski definition) is 2. The lowest BCUT2D eigenvalue weighted by Crippen LogP contribution is -2.32. The van der Waals surface area contributed by atoms with Gasteiger partial charge in [0.25, 0.3) is 0 Å². The molecule has 0 bridgehead atoms. The lowest BCUT2D eigenvalue weighted by molar-refractivity contribution is 0.340. The average molecular weight is 343 g/mol. The van der Waals surface area contributed by atoms with Crippen LogP contribution in [0.4, 0.5) is 5.69 Å². The summed E-state index contributed by atoms with van der Waals surface area (Å²) >= 11 is 5.48. The van der Waals surface area contributed by atoms with Crippen molar-refractivity contribution in [3.05, 3.63) is 59.2 Å². The van der Waals surface area contributed by atoms with Gasteiger partial charge in [0.1, 0.15) is 5.75 Å². The van der Waals surface area contributed by atoms with Gasteiger partial charge in [0.15, 0.2) is 5.11 Å². The average Bonchev–Trinajstić information content (AvgIpc) is 2.55. The van der Waals surface area contributed by atoms with Crippen molar-refractivity contribution < 1.29 is 4.74 Å². The monoisotopic (exact) mass is 342 g/mol. The lowest BCUT2D eigenvalue weighted by atomic mass is 9.98. The maximum Gasteiger partial charge on any atom is 0.171 e. The molecule has 0 spiro atoms. The van der Waals surface area contributed by atoms with Crippen molar-refractivity contribution in [3.63, 3.8) is 0 Å². The summed E-state index contributed by atoms with van der Waals surface area (Å²) in [5.74, 6) is 0.864. The van der Waals surface area contributed by atoms with Gasteiger partial charge in [-0.15, -0.1) is 0 Å². The van der Waals surface area contributed by atoms with Gasteiger partial charge in [-0.25, -0.2) is 0 Å². The molecule has 0 fully saturated rings. The highest BCUT2D eigenvalue weighted by molar-refractivity contribution is 7.80. The van der Waals surface area contributed by atoms with Crippen LogP contribution in [0.25, 0.3) is 0 Å². The largest absolute Gasteiger partial charge is 0.494 e. The van der Waals surface area contributed by atoms with Gasteiger partial charge in [0, 0.05) is 5.69 Å². The van der Waals surface area contributed by atoms with E-state index in [9.17, 15) is 0 Å². The Morgan fingerprint density at radius 2 is 1.79 bits per heavy atom. The fraction of sp³-hybridized carbons (Fsp3) is 0.350. The normalized spacial score (nSPS) is 11.7. The van der Waals surface area contributed by atoms with Crippen LogP contribution in [0, 0.1) is 13.8 Å². The van der Waals surface area contributed by atoms with Crippen molar-refractivity contribution >= 4 is 23.0 Å². The van der Waals surface area contributed by atoms with Crippen LogP contribution in [0.1, 0.15) is 43.0 Å². The maximum absolute atomic E-state index is 5.48. The van der Waals surface area contributed by atoms with Crippen molar-refractivity contribution in [2.75, 3.05) is 11.9 Å². The molecule has 2 N–H and O–H groups in total. The van der Waals surface area contributed by atoms with E-state index in [-0.39, 0.29) is 6.04 Å². The quantitative estimate of drug-likeness (QED) is 0.712. The number of benzene rings is 2. The number of ether oxygens (including phenoxy) is 1. The second-order valence-corrected chi connectivity index (χ2v) is 6.28. The van der Waals surface area contributed by atoms with Gasteiger partial charge in [-0.2, -0.15) is 0 Å². The first-order valence-electron chi connectivity index (χ1n) is 8.41. The highest BCUT2D eigenvalue weighted by Crippen LogP contribution is 2.22. The molecule has 3 nitrogen and oxygen atoms in total. The van der Waals surface area contributed by atoms with Crippen LogP contribution in [0.5, 0.6) is 5.75 Å². The van der Waals surface area contributed by atoms with Crippen LogP contribution in [0.2, 0.25) is 0 Å². The molecule has 0 saturated carbocycles. The van der Waals surface area contributed by atoms with E-state index in [4.69, 9.17) is 17.0 Å². The summed E-state index contributed by atoms with van der Waals surface area (Å²) in [6.07, 6.45) is 0.967. The molecule has 0 aliphatic rings. The molecule has 2 rings (SSSR count). The Kier molecular flexibility index (Phi) is 6.62. The minimum atomic E-state index is 0.202.